The summed E-state index contributed by atoms with van der Waals surface area (Å²) < 4.78 is 0. The van der Waals surface area contributed by atoms with Crippen molar-refractivity contribution in [1.29, 1.82) is 5.26 Å². The Balaban J connectivity index is 1.45. The Labute approximate surface area is 171 Å². The van der Waals surface area contributed by atoms with Gasteiger partial charge in [-0.15, -0.1) is 0 Å². The Morgan fingerprint density at radius 1 is 1.14 bits per heavy atom. The van der Waals surface area contributed by atoms with Crippen molar-refractivity contribution in [3.05, 3.63) is 58.6 Å². The number of aldehydes is 1. The van der Waals surface area contributed by atoms with Crippen LogP contribution in [0.1, 0.15) is 42.1 Å². The maximum atomic E-state index is 10.9. The number of carbonyl (C=O) groups excluding carboxylic acids is 1. The van der Waals surface area contributed by atoms with Crippen LogP contribution in [0, 0.1) is 16.7 Å². The van der Waals surface area contributed by atoms with E-state index in [1.807, 2.05) is 42.5 Å². The van der Waals surface area contributed by atoms with Crippen LogP contribution in [0.3, 0.4) is 0 Å². The number of hydrogen-bond acceptors (Lipinski definition) is 4. The highest BCUT2D eigenvalue weighted by Crippen LogP contribution is 2.45. The second kappa shape index (κ2) is 7.48. The largest absolute Gasteiger partial charge is 0.371 e. The first-order valence-electron chi connectivity index (χ1n) is 9.80. The Morgan fingerprint density at radius 2 is 1.82 bits per heavy atom. The van der Waals surface area contributed by atoms with Crippen molar-refractivity contribution < 1.29 is 4.79 Å². The van der Waals surface area contributed by atoms with Gasteiger partial charge in [0.15, 0.2) is 0 Å². The standard InChI is InChI=1S/C23H24ClN3O/c1-17-13-23(16-27(17)21-7-4-19(14-25)22(24)12-21)8-10-26(11-9-23)20-5-2-18(15-28)3-6-20/h2-7,12,15,17H,8-11,13,16H2,1H3. The van der Waals surface area contributed by atoms with E-state index in [2.05, 4.69) is 22.8 Å². The van der Waals surface area contributed by atoms with Gasteiger partial charge in [0.2, 0.25) is 0 Å². The summed E-state index contributed by atoms with van der Waals surface area (Å²) in [6, 6.07) is 16.2. The summed E-state index contributed by atoms with van der Waals surface area (Å²) >= 11 is 6.26. The highest BCUT2D eigenvalue weighted by Gasteiger charge is 2.44. The van der Waals surface area contributed by atoms with E-state index in [0.717, 1.165) is 50.0 Å². The topological polar surface area (TPSA) is 47.3 Å². The molecule has 28 heavy (non-hydrogen) atoms. The molecule has 1 spiro atoms. The number of rotatable bonds is 3. The maximum Gasteiger partial charge on any atom is 0.150 e. The molecule has 2 aliphatic rings. The zero-order valence-corrected chi connectivity index (χ0v) is 16.8. The fourth-order valence-corrected chi connectivity index (χ4v) is 5.02. The summed E-state index contributed by atoms with van der Waals surface area (Å²) in [4.78, 5) is 15.7. The molecule has 0 N–H and O–H groups in total. The lowest BCUT2D eigenvalue weighted by molar-refractivity contribution is 0.112. The molecule has 1 atom stereocenters. The maximum absolute atomic E-state index is 10.9. The number of nitriles is 1. The van der Waals surface area contributed by atoms with Crippen molar-refractivity contribution in [2.45, 2.75) is 32.2 Å². The molecular formula is C23H24ClN3O. The van der Waals surface area contributed by atoms with Crippen molar-refractivity contribution in [1.82, 2.24) is 0 Å². The number of hydrogen-bond donors (Lipinski definition) is 0. The molecule has 4 nitrogen and oxygen atoms in total. The van der Waals surface area contributed by atoms with Gasteiger partial charge in [-0.1, -0.05) is 11.6 Å². The average molecular weight is 394 g/mol. The Kier molecular flexibility index (Phi) is 5.03. The van der Waals surface area contributed by atoms with Crippen LogP contribution >= 0.6 is 11.6 Å². The van der Waals surface area contributed by atoms with Gasteiger partial charge in [-0.3, -0.25) is 4.79 Å². The van der Waals surface area contributed by atoms with Gasteiger partial charge >= 0.3 is 0 Å². The van der Waals surface area contributed by atoms with Crippen LogP contribution in [-0.4, -0.2) is 32.0 Å². The minimum Gasteiger partial charge on any atom is -0.371 e. The first-order valence-corrected chi connectivity index (χ1v) is 10.2. The number of halogens is 1. The fraction of sp³-hybridized carbons (Fsp3) is 0.391. The number of piperidine rings is 1. The summed E-state index contributed by atoms with van der Waals surface area (Å²) in [6.07, 6.45) is 4.39. The van der Waals surface area contributed by atoms with Gasteiger partial charge in [-0.25, -0.2) is 0 Å². The van der Waals surface area contributed by atoms with E-state index >= 15 is 0 Å². The summed E-state index contributed by atoms with van der Waals surface area (Å²) in [5.74, 6) is 0. The van der Waals surface area contributed by atoms with E-state index in [9.17, 15) is 4.79 Å². The molecule has 2 heterocycles. The van der Waals surface area contributed by atoms with Crippen LogP contribution < -0.4 is 9.80 Å². The molecule has 0 amide bonds. The number of anilines is 2. The van der Waals surface area contributed by atoms with Crippen LogP contribution in [0.2, 0.25) is 5.02 Å². The minimum atomic E-state index is 0.332. The van der Waals surface area contributed by atoms with E-state index in [1.165, 1.54) is 12.1 Å². The van der Waals surface area contributed by atoms with E-state index in [1.54, 1.807) is 0 Å². The zero-order valence-electron chi connectivity index (χ0n) is 16.1. The van der Waals surface area contributed by atoms with Gasteiger partial charge in [0.1, 0.15) is 12.4 Å². The van der Waals surface area contributed by atoms with Crippen molar-refractivity contribution in [3.8, 4) is 6.07 Å². The molecule has 0 saturated carbocycles. The molecular weight excluding hydrogens is 370 g/mol. The highest BCUT2D eigenvalue weighted by atomic mass is 35.5. The molecule has 0 aromatic heterocycles. The Bertz CT molecular complexity index is 910. The van der Waals surface area contributed by atoms with Gasteiger partial charge in [-0.2, -0.15) is 5.26 Å². The monoisotopic (exact) mass is 393 g/mol. The third-order valence-electron chi connectivity index (χ3n) is 6.39. The molecule has 2 fully saturated rings. The van der Waals surface area contributed by atoms with Gasteiger partial charge in [0, 0.05) is 42.6 Å². The lowest BCUT2D eigenvalue weighted by Crippen LogP contribution is -2.41. The molecule has 2 saturated heterocycles. The third-order valence-corrected chi connectivity index (χ3v) is 6.70. The molecule has 0 aliphatic carbocycles. The normalized spacial score (nSPS) is 21.0. The molecule has 2 aromatic rings. The van der Waals surface area contributed by atoms with Crippen LogP contribution in [0.15, 0.2) is 42.5 Å². The van der Waals surface area contributed by atoms with Crippen molar-refractivity contribution in [3.63, 3.8) is 0 Å². The molecule has 2 aromatic carbocycles. The lowest BCUT2D eigenvalue weighted by atomic mass is 9.76. The van der Waals surface area contributed by atoms with Gasteiger partial charge in [0.25, 0.3) is 0 Å². The number of carbonyl (C=O) groups is 1. The molecule has 4 rings (SSSR count). The first kappa shape index (κ1) is 18.8. The Hall–Kier alpha value is -2.51. The van der Waals surface area contributed by atoms with E-state index in [0.29, 0.717) is 22.0 Å². The lowest BCUT2D eigenvalue weighted by Gasteiger charge is -2.40. The van der Waals surface area contributed by atoms with E-state index < -0.39 is 0 Å². The third kappa shape index (κ3) is 3.47. The van der Waals surface area contributed by atoms with Crippen molar-refractivity contribution in [2.24, 2.45) is 5.41 Å². The van der Waals surface area contributed by atoms with E-state index in [4.69, 9.17) is 16.9 Å². The van der Waals surface area contributed by atoms with Crippen LogP contribution in [0.25, 0.3) is 0 Å². The molecule has 0 bridgehead atoms. The quantitative estimate of drug-likeness (QED) is 0.695. The molecule has 1 unspecified atom stereocenters. The zero-order chi connectivity index (χ0) is 19.7. The molecule has 144 valence electrons. The van der Waals surface area contributed by atoms with Crippen LogP contribution in [0.5, 0.6) is 0 Å². The minimum absolute atomic E-state index is 0.332. The summed E-state index contributed by atoms with van der Waals surface area (Å²) in [5, 5.41) is 9.63. The summed E-state index contributed by atoms with van der Waals surface area (Å²) in [7, 11) is 0. The molecule has 0 radical (unpaired) electrons. The van der Waals surface area contributed by atoms with Crippen molar-refractivity contribution in [2.75, 3.05) is 29.4 Å². The second-order valence-electron chi connectivity index (χ2n) is 8.15. The number of benzene rings is 2. The predicted octanol–water partition coefficient (Wildman–Crippen LogP) is 4.91. The predicted molar refractivity (Wildman–Crippen MR) is 113 cm³/mol. The van der Waals surface area contributed by atoms with Crippen LogP contribution in [0.4, 0.5) is 11.4 Å². The fourth-order valence-electron chi connectivity index (χ4n) is 4.80. The number of nitrogens with zero attached hydrogens (tertiary/aromatic N) is 3. The summed E-state index contributed by atoms with van der Waals surface area (Å²) in [6.45, 7) is 5.39. The summed E-state index contributed by atoms with van der Waals surface area (Å²) in [5.41, 5.74) is 3.89. The molecule has 5 heteroatoms. The van der Waals surface area contributed by atoms with E-state index in [-0.39, 0.29) is 0 Å². The second-order valence-corrected chi connectivity index (χ2v) is 8.56. The first-order chi connectivity index (χ1) is 13.5. The van der Waals surface area contributed by atoms with Gasteiger partial charge in [0.05, 0.1) is 10.6 Å². The smallest absolute Gasteiger partial charge is 0.150 e. The van der Waals surface area contributed by atoms with Crippen molar-refractivity contribution >= 4 is 29.3 Å². The highest BCUT2D eigenvalue weighted by molar-refractivity contribution is 6.32. The Morgan fingerprint density at radius 3 is 2.43 bits per heavy atom. The molecule has 2 aliphatic heterocycles. The average Bonchev–Trinajstić information content (AvgIpc) is 3.04. The SMILES string of the molecule is CC1CC2(CCN(c3ccc(C=O)cc3)CC2)CN1c1ccc(C#N)c(Cl)c1. The van der Waals surface area contributed by atoms with Gasteiger partial charge < -0.3 is 9.80 Å². The van der Waals surface area contributed by atoms with Crippen LogP contribution in [-0.2, 0) is 0 Å². The van der Waals surface area contributed by atoms with Gasteiger partial charge in [-0.05, 0) is 74.1 Å².